The molecular formula is C22H18BrN5OS2. The number of hydrazone groups is 1. The van der Waals surface area contributed by atoms with Gasteiger partial charge < -0.3 is 0 Å². The number of halogens is 1. The fourth-order valence-corrected chi connectivity index (χ4v) is 4.57. The molecule has 0 unspecified atom stereocenters. The molecule has 0 radical (unpaired) electrons. The number of nitrogens with zero attached hydrogens (tertiary/aromatic N) is 4. The van der Waals surface area contributed by atoms with E-state index < -0.39 is 0 Å². The number of nitrogens with one attached hydrogen (secondary N) is 1. The topological polar surface area (TPSA) is 72.2 Å². The van der Waals surface area contributed by atoms with Gasteiger partial charge in [-0.3, -0.25) is 9.36 Å². The minimum Gasteiger partial charge on any atom is -0.272 e. The van der Waals surface area contributed by atoms with E-state index in [1.54, 1.807) is 17.6 Å². The van der Waals surface area contributed by atoms with Gasteiger partial charge in [0.05, 0.1) is 12.0 Å². The van der Waals surface area contributed by atoms with E-state index in [0.717, 1.165) is 26.4 Å². The first kappa shape index (κ1) is 21.5. The first-order valence-corrected chi connectivity index (χ1v) is 12.0. The number of rotatable bonds is 7. The zero-order valence-corrected chi connectivity index (χ0v) is 19.7. The van der Waals surface area contributed by atoms with Crippen LogP contribution in [-0.4, -0.2) is 32.6 Å². The second kappa shape index (κ2) is 10.0. The Hall–Kier alpha value is -2.75. The minimum atomic E-state index is -0.207. The van der Waals surface area contributed by atoms with Crippen molar-refractivity contribution in [1.29, 1.82) is 0 Å². The summed E-state index contributed by atoms with van der Waals surface area (Å²) < 4.78 is 2.94. The number of thioether (sulfide) groups is 1. The highest BCUT2D eigenvalue weighted by Crippen LogP contribution is 2.28. The van der Waals surface area contributed by atoms with Crippen molar-refractivity contribution in [3.05, 3.63) is 81.0 Å². The Kier molecular flexibility index (Phi) is 6.96. The summed E-state index contributed by atoms with van der Waals surface area (Å²) in [4.78, 5) is 14.5. The lowest BCUT2D eigenvalue weighted by Gasteiger charge is -2.10. The lowest BCUT2D eigenvalue weighted by molar-refractivity contribution is -0.118. The molecule has 156 valence electrons. The largest absolute Gasteiger partial charge is 0.272 e. The zero-order chi connectivity index (χ0) is 21.6. The zero-order valence-electron chi connectivity index (χ0n) is 16.5. The summed E-state index contributed by atoms with van der Waals surface area (Å²) in [6, 6.07) is 21.7. The fraction of sp³-hybridized carbons (Fsp3) is 0.0909. The summed E-state index contributed by atoms with van der Waals surface area (Å²) in [5, 5.41) is 13.4. The lowest BCUT2D eigenvalue weighted by atomic mass is 10.2. The molecule has 0 saturated carbocycles. The molecule has 4 aromatic rings. The van der Waals surface area contributed by atoms with Crippen molar-refractivity contribution in [2.24, 2.45) is 5.10 Å². The molecule has 0 aliphatic carbocycles. The highest BCUT2D eigenvalue weighted by molar-refractivity contribution is 9.10. The maximum atomic E-state index is 12.3. The average Bonchev–Trinajstić information content (AvgIpc) is 3.39. The molecule has 2 aromatic carbocycles. The van der Waals surface area contributed by atoms with Crippen molar-refractivity contribution >= 4 is 51.2 Å². The smallest absolute Gasteiger partial charge is 0.250 e. The van der Waals surface area contributed by atoms with Gasteiger partial charge in [0.2, 0.25) is 0 Å². The van der Waals surface area contributed by atoms with E-state index in [-0.39, 0.29) is 11.7 Å². The molecule has 2 heterocycles. The van der Waals surface area contributed by atoms with Crippen LogP contribution in [-0.2, 0) is 4.79 Å². The van der Waals surface area contributed by atoms with Crippen LogP contribution in [0.15, 0.2) is 81.5 Å². The van der Waals surface area contributed by atoms with Crippen LogP contribution in [0.1, 0.15) is 9.75 Å². The third-order valence-corrected chi connectivity index (χ3v) is 6.62. The predicted molar refractivity (Wildman–Crippen MR) is 130 cm³/mol. The molecule has 31 heavy (non-hydrogen) atoms. The van der Waals surface area contributed by atoms with Crippen molar-refractivity contribution in [3.8, 4) is 17.1 Å². The molecule has 0 bridgehead atoms. The van der Waals surface area contributed by atoms with Crippen molar-refractivity contribution in [3.63, 3.8) is 0 Å². The molecule has 6 nitrogen and oxygen atoms in total. The second-order valence-corrected chi connectivity index (χ2v) is 9.69. The number of amides is 1. The first-order chi connectivity index (χ1) is 15.1. The molecule has 9 heteroatoms. The molecule has 4 rings (SSSR count). The summed E-state index contributed by atoms with van der Waals surface area (Å²) in [7, 11) is 0. The quantitative estimate of drug-likeness (QED) is 0.207. The third kappa shape index (κ3) is 5.49. The van der Waals surface area contributed by atoms with Gasteiger partial charge in [-0.05, 0) is 43.3 Å². The number of benzene rings is 2. The number of carbonyl (C=O) groups is 1. The molecule has 0 saturated heterocycles. The summed E-state index contributed by atoms with van der Waals surface area (Å²) in [5.41, 5.74) is 4.44. The van der Waals surface area contributed by atoms with Crippen molar-refractivity contribution < 1.29 is 4.79 Å². The van der Waals surface area contributed by atoms with Crippen LogP contribution in [0.5, 0.6) is 0 Å². The number of aromatic nitrogens is 3. The van der Waals surface area contributed by atoms with Crippen molar-refractivity contribution in [2.45, 2.75) is 12.1 Å². The van der Waals surface area contributed by atoms with Gasteiger partial charge in [-0.1, -0.05) is 58.0 Å². The Morgan fingerprint density at radius 2 is 1.90 bits per heavy atom. The van der Waals surface area contributed by atoms with Gasteiger partial charge in [0.1, 0.15) is 0 Å². The molecule has 0 spiro atoms. The number of hydrogen-bond donors (Lipinski definition) is 1. The maximum absolute atomic E-state index is 12.3. The Balaban J connectivity index is 1.51. The third-order valence-electron chi connectivity index (χ3n) is 4.22. The summed E-state index contributed by atoms with van der Waals surface area (Å²) in [6.07, 6.45) is 1.65. The van der Waals surface area contributed by atoms with E-state index in [4.69, 9.17) is 0 Å². The van der Waals surface area contributed by atoms with Crippen LogP contribution in [0.3, 0.4) is 0 Å². The standard InChI is InChI=1S/C22H18BrN5OS2/c1-15-7-12-19(31-15)13-24-25-20(29)14-30-22-27-26-21(16-5-3-2-4-6-16)28(22)18-10-8-17(23)9-11-18/h2-13H,14H2,1H3,(H,25,29)/b24-13-. The molecule has 0 aliphatic rings. The summed E-state index contributed by atoms with van der Waals surface area (Å²) in [5.74, 6) is 0.683. The Labute approximate surface area is 196 Å². The van der Waals surface area contributed by atoms with Gasteiger partial charge in [-0.25, -0.2) is 5.43 Å². The number of hydrogen-bond acceptors (Lipinski definition) is 6. The lowest BCUT2D eigenvalue weighted by Crippen LogP contribution is -2.19. The Bertz CT molecular complexity index is 1200. The van der Waals surface area contributed by atoms with Crippen LogP contribution >= 0.6 is 39.0 Å². The van der Waals surface area contributed by atoms with Crippen LogP contribution in [0.4, 0.5) is 0 Å². The number of aryl methyl sites for hydroxylation is 1. The molecule has 1 amide bonds. The van der Waals surface area contributed by atoms with Gasteiger partial charge in [0.25, 0.3) is 5.91 Å². The fourth-order valence-electron chi connectivity index (χ4n) is 2.81. The van der Waals surface area contributed by atoms with E-state index in [9.17, 15) is 4.79 Å². The molecule has 0 atom stereocenters. The SMILES string of the molecule is Cc1ccc(/C=N\NC(=O)CSc2nnc(-c3ccccc3)n2-c2ccc(Br)cc2)s1. The highest BCUT2D eigenvalue weighted by atomic mass is 79.9. The van der Waals surface area contributed by atoms with Gasteiger partial charge in [0, 0.05) is 25.5 Å². The van der Waals surface area contributed by atoms with E-state index >= 15 is 0 Å². The minimum absolute atomic E-state index is 0.171. The summed E-state index contributed by atoms with van der Waals surface area (Å²) >= 11 is 6.41. The number of carbonyl (C=O) groups excluding carboxylic acids is 1. The molecule has 1 N–H and O–H groups in total. The average molecular weight is 512 g/mol. The molecule has 2 aromatic heterocycles. The molecule has 0 aliphatic heterocycles. The molecular weight excluding hydrogens is 494 g/mol. The van der Waals surface area contributed by atoms with Gasteiger partial charge in [-0.15, -0.1) is 21.5 Å². The number of thiophene rings is 1. The van der Waals surface area contributed by atoms with Crippen molar-refractivity contribution in [2.75, 3.05) is 5.75 Å². The monoisotopic (exact) mass is 511 g/mol. The van der Waals surface area contributed by atoms with Crippen LogP contribution < -0.4 is 5.43 Å². The maximum Gasteiger partial charge on any atom is 0.250 e. The van der Waals surface area contributed by atoms with Gasteiger partial charge in [-0.2, -0.15) is 5.10 Å². The van der Waals surface area contributed by atoms with Crippen LogP contribution in [0.25, 0.3) is 17.1 Å². The second-order valence-electron chi connectivity index (χ2n) is 6.51. The van der Waals surface area contributed by atoms with Gasteiger partial charge in [0.15, 0.2) is 11.0 Å². The van der Waals surface area contributed by atoms with Crippen LogP contribution in [0, 0.1) is 6.92 Å². The Morgan fingerprint density at radius 3 is 2.61 bits per heavy atom. The Morgan fingerprint density at radius 1 is 1.13 bits per heavy atom. The van der Waals surface area contributed by atoms with E-state index in [2.05, 4.69) is 36.7 Å². The predicted octanol–water partition coefficient (Wildman–Crippen LogP) is 5.31. The van der Waals surface area contributed by atoms with E-state index in [1.807, 2.05) is 78.2 Å². The normalized spacial score (nSPS) is 11.2. The van der Waals surface area contributed by atoms with E-state index in [1.165, 1.54) is 16.6 Å². The van der Waals surface area contributed by atoms with Crippen LogP contribution in [0.2, 0.25) is 0 Å². The van der Waals surface area contributed by atoms with Gasteiger partial charge >= 0.3 is 0 Å². The first-order valence-electron chi connectivity index (χ1n) is 9.38. The highest BCUT2D eigenvalue weighted by Gasteiger charge is 2.17. The van der Waals surface area contributed by atoms with Crippen molar-refractivity contribution in [1.82, 2.24) is 20.2 Å². The molecule has 0 fully saturated rings. The van der Waals surface area contributed by atoms with E-state index in [0.29, 0.717) is 5.16 Å². The summed E-state index contributed by atoms with van der Waals surface area (Å²) in [6.45, 7) is 2.03.